The lowest BCUT2D eigenvalue weighted by atomic mass is 10.2. The zero-order chi connectivity index (χ0) is 19.3. The van der Waals surface area contributed by atoms with E-state index in [4.69, 9.17) is 10.2 Å². The topological polar surface area (TPSA) is 116 Å². The molecule has 0 atom stereocenters. The maximum Gasteiger partial charge on any atom is 0.277 e. The SMILES string of the molecule is Nc1nc(CSc2nnc(-c3ccccc3)o2)nc(Nc2ccc(F)cc2)n1. The highest BCUT2D eigenvalue weighted by molar-refractivity contribution is 7.98. The van der Waals surface area contributed by atoms with Crippen molar-refractivity contribution in [2.75, 3.05) is 11.1 Å². The molecule has 0 saturated heterocycles. The van der Waals surface area contributed by atoms with Gasteiger partial charge in [0.05, 0.1) is 5.75 Å². The van der Waals surface area contributed by atoms with Crippen molar-refractivity contribution in [2.24, 2.45) is 0 Å². The molecule has 0 amide bonds. The number of hydrogen-bond donors (Lipinski definition) is 2. The number of nitrogen functional groups attached to an aromatic ring is 1. The van der Waals surface area contributed by atoms with Crippen LogP contribution in [0.15, 0.2) is 64.2 Å². The van der Waals surface area contributed by atoms with Gasteiger partial charge < -0.3 is 15.5 Å². The molecule has 2 aromatic carbocycles. The van der Waals surface area contributed by atoms with Crippen molar-refractivity contribution >= 4 is 29.3 Å². The number of benzene rings is 2. The van der Waals surface area contributed by atoms with Crippen molar-refractivity contribution in [1.82, 2.24) is 25.1 Å². The van der Waals surface area contributed by atoms with Gasteiger partial charge in [-0.1, -0.05) is 30.0 Å². The number of anilines is 3. The second-order valence-electron chi connectivity index (χ2n) is 5.59. The van der Waals surface area contributed by atoms with E-state index in [9.17, 15) is 4.39 Å². The average Bonchev–Trinajstić information content (AvgIpc) is 3.18. The monoisotopic (exact) mass is 395 g/mol. The van der Waals surface area contributed by atoms with E-state index in [1.54, 1.807) is 12.1 Å². The Morgan fingerprint density at radius 2 is 1.75 bits per heavy atom. The van der Waals surface area contributed by atoms with E-state index in [1.165, 1.54) is 23.9 Å². The Labute approximate surface area is 163 Å². The molecule has 28 heavy (non-hydrogen) atoms. The van der Waals surface area contributed by atoms with E-state index >= 15 is 0 Å². The van der Waals surface area contributed by atoms with E-state index in [0.717, 1.165) is 5.56 Å². The van der Waals surface area contributed by atoms with Crippen LogP contribution in [-0.2, 0) is 5.75 Å². The second-order valence-corrected chi connectivity index (χ2v) is 6.52. The van der Waals surface area contributed by atoms with Crippen molar-refractivity contribution in [1.29, 1.82) is 0 Å². The van der Waals surface area contributed by atoms with Crippen LogP contribution in [0.1, 0.15) is 5.82 Å². The molecule has 0 saturated carbocycles. The minimum absolute atomic E-state index is 0.0747. The summed E-state index contributed by atoms with van der Waals surface area (Å²) < 4.78 is 18.7. The second kappa shape index (κ2) is 8.01. The minimum atomic E-state index is -0.327. The van der Waals surface area contributed by atoms with Crippen molar-refractivity contribution < 1.29 is 8.81 Å². The Hall–Kier alpha value is -3.53. The van der Waals surface area contributed by atoms with Gasteiger partial charge in [-0.05, 0) is 36.4 Å². The van der Waals surface area contributed by atoms with E-state index in [-0.39, 0.29) is 17.7 Å². The molecular formula is C18H14FN7OS. The zero-order valence-electron chi connectivity index (χ0n) is 14.4. The number of halogens is 1. The van der Waals surface area contributed by atoms with Gasteiger partial charge >= 0.3 is 0 Å². The third-order valence-electron chi connectivity index (χ3n) is 3.55. The van der Waals surface area contributed by atoms with Gasteiger partial charge in [0, 0.05) is 11.3 Å². The van der Waals surface area contributed by atoms with Crippen LogP contribution in [0.3, 0.4) is 0 Å². The molecule has 8 nitrogen and oxygen atoms in total. The van der Waals surface area contributed by atoms with E-state index in [1.807, 2.05) is 30.3 Å². The molecule has 4 aromatic rings. The molecule has 140 valence electrons. The van der Waals surface area contributed by atoms with Crippen molar-refractivity contribution in [3.8, 4) is 11.5 Å². The summed E-state index contributed by atoms with van der Waals surface area (Å²) in [5.74, 6) is 1.27. The average molecular weight is 395 g/mol. The van der Waals surface area contributed by atoms with Crippen molar-refractivity contribution in [3.05, 3.63) is 66.2 Å². The highest BCUT2D eigenvalue weighted by Gasteiger charge is 2.11. The Morgan fingerprint density at radius 3 is 2.54 bits per heavy atom. The molecule has 0 aliphatic carbocycles. The summed E-state index contributed by atoms with van der Waals surface area (Å²) in [4.78, 5) is 12.5. The lowest BCUT2D eigenvalue weighted by Crippen LogP contribution is -2.06. The summed E-state index contributed by atoms with van der Waals surface area (Å²) >= 11 is 1.29. The van der Waals surface area contributed by atoms with Crippen LogP contribution in [0, 0.1) is 5.82 Å². The number of aromatic nitrogens is 5. The van der Waals surface area contributed by atoms with Crippen molar-refractivity contribution in [2.45, 2.75) is 11.0 Å². The molecule has 0 unspecified atom stereocenters. The third kappa shape index (κ3) is 4.41. The van der Waals surface area contributed by atoms with Gasteiger partial charge in [-0.2, -0.15) is 15.0 Å². The largest absolute Gasteiger partial charge is 0.411 e. The predicted molar refractivity (Wildman–Crippen MR) is 103 cm³/mol. The van der Waals surface area contributed by atoms with Crippen LogP contribution in [0.4, 0.5) is 22.0 Å². The molecule has 0 radical (unpaired) electrons. The third-order valence-corrected chi connectivity index (χ3v) is 4.37. The maximum absolute atomic E-state index is 13.0. The van der Waals surface area contributed by atoms with Gasteiger partial charge in [-0.3, -0.25) is 0 Å². The van der Waals surface area contributed by atoms with Gasteiger partial charge in [-0.25, -0.2) is 4.39 Å². The smallest absolute Gasteiger partial charge is 0.277 e. The highest BCUT2D eigenvalue weighted by atomic mass is 32.2. The molecular weight excluding hydrogens is 381 g/mol. The molecule has 4 rings (SSSR count). The lowest BCUT2D eigenvalue weighted by Gasteiger charge is -2.06. The van der Waals surface area contributed by atoms with Crippen LogP contribution in [-0.4, -0.2) is 25.1 Å². The first-order chi connectivity index (χ1) is 13.7. The molecule has 0 aliphatic heterocycles. The first-order valence-electron chi connectivity index (χ1n) is 8.20. The van der Waals surface area contributed by atoms with Gasteiger partial charge in [0.15, 0.2) is 0 Å². The molecule has 0 fully saturated rings. The molecule has 0 bridgehead atoms. The van der Waals surface area contributed by atoms with E-state index in [0.29, 0.717) is 28.4 Å². The molecule has 10 heteroatoms. The number of nitrogens with two attached hydrogens (primary N) is 1. The zero-order valence-corrected chi connectivity index (χ0v) is 15.2. The summed E-state index contributed by atoms with van der Waals surface area (Å²) in [5, 5.41) is 11.4. The fourth-order valence-corrected chi connectivity index (χ4v) is 2.93. The first kappa shape index (κ1) is 17.9. The molecule has 3 N–H and O–H groups in total. The van der Waals surface area contributed by atoms with Gasteiger partial charge in [0.1, 0.15) is 11.6 Å². The first-order valence-corrected chi connectivity index (χ1v) is 9.19. The van der Waals surface area contributed by atoms with Gasteiger partial charge in [0.25, 0.3) is 5.22 Å². The maximum atomic E-state index is 13.0. The summed E-state index contributed by atoms with van der Waals surface area (Å²) in [6, 6.07) is 15.3. The lowest BCUT2D eigenvalue weighted by molar-refractivity contribution is 0.465. The number of thioether (sulfide) groups is 1. The Balaban J connectivity index is 1.44. The number of hydrogen-bond acceptors (Lipinski definition) is 9. The van der Waals surface area contributed by atoms with Crippen LogP contribution in [0.5, 0.6) is 0 Å². The molecule has 2 heterocycles. The quantitative estimate of drug-likeness (QED) is 0.472. The predicted octanol–water partition coefficient (Wildman–Crippen LogP) is 3.68. The van der Waals surface area contributed by atoms with Crippen LogP contribution >= 0.6 is 11.8 Å². The van der Waals surface area contributed by atoms with Gasteiger partial charge in [0.2, 0.25) is 17.8 Å². The number of rotatable bonds is 6. The molecule has 0 spiro atoms. The minimum Gasteiger partial charge on any atom is -0.411 e. The number of nitrogens with zero attached hydrogens (tertiary/aromatic N) is 5. The Kier molecular flexibility index (Phi) is 5.11. The summed E-state index contributed by atoms with van der Waals surface area (Å²) in [6.07, 6.45) is 0. The fourth-order valence-electron chi connectivity index (χ4n) is 2.31. The highest BCUT2D eigenvalue weighted by Crippen LogP contribution is 2.25. The van der Waals surface area contributed by atoms with Crippen molar-refractivity contribution in [3.63, 3.8) is 0 Å². The van der Waals surface area contributed by atoms with Crippen LogP contribution in [0.25, 0.3) is 11.5 Å². The Morgan fingerprint density at radius 1 is 0.964 bits per heavy atom. The number of nitrogens with one attached hydrogen (secondary N) is 1. The van der Waals surface area contributed by atoms with Crippen LogP contribution in [0.2, 0.25) is 0 Å². The fraction of sp³-hybridized carbons (Fsp3) is 0.0556. The molecule has 0 aliphatic rings. The van der Waals surface area contributed by atoms with Gasteiger partial charge in [-0.15, -0.1) is 10.2 Å². The standard InChI is InChI=1S/C18H14FN7OS/c19-12-6-8-13(9-7-12)21-17-23-14(22-16(20)24-17)10-28-18-26-25-15(27-18)11-4-2-1-3-5-11/h1-9H,10H2,(H3,20,21,22,23,24). The Bertz CT molecular complexity index is 1070. The summed E-state index contributed by atoms with van der Waals surface area (Å²) in [5.41, 5.74) is 7.24. The van der Waals surface area contributed by atoms with E-state index < -0.39 is 0 Å². The normalized spacial score (nSPS) is 10.8. The molecule has 2 aromatic heterocycles. The summed E-state index contributed by atoms with van der Waals surface area (Å²) in [7, 11) is 0. The van der Waals surface area contributed by atoms with E-state index in [2.05, 4.69) is 30.5 Å². The van der Waals surface area contributed by atoms with Crippen LogP contribution < -0.4 is 11.1 Å². The summed E-state index contributed by atoms with van der Waals surface area (Å²) in [6.45, 7) is 0.